The maximum Gasteiger partial charge on any atom is 0.253 e. The van der Waals surface area contributed by atoms with E-state index < -0.39 is 0 Å². The van der Waals surface area contributed by atoms with E-state index >= 15 is 0 Å². The van der Waals surface area contributed by atoms with Gasteiger partial charge in [0.2, 0.25) is 0 Å². The number of carbonyl (C=O) groups is 1. The van der Waals surface area contributed by atoms with Crippen molar-refractivity contribution in [2.45, 2.75) is 43.8 Å². The fourth-order valence-electron chi connectivity index (χ4n) is 3.85. The molecule has 1 spiro atoms. The first kappa shape index (κ1) is 16.9. The van der Waals surface area contributed by atoms with Crippen LogP contribution in [0, 0.1) is 5.92 Å². The number of amides is 1. The van der Waals surface area contributed by atoms with Crippen LogP contribution >= 0.6 is 0 Å². The Morgan fingerprint density at radius 2 is 1.96 bits per heavy atom. The van der Waals surface area contributed by atoms with Gasteiger partial charge < -0.3 is 19.1 Å². The van der Waals surface area contributed by atoms with Crippen molar-refractivity contribution in [3.63, 3.8) is 0 Å². The number of nitrogens with zero attached hydrogens (tertiary/aromatic N) is 1. The van der Waals surface area contributed by atoms with Crippen molar-refractivity contribution in [2.75, 3.05) is 33.4 Å². The number of benzene rings is 1. The van der Waals surface area contributed by atoms with Gasteiger partial charge in [-0.15, -0.1) is 0 Å². The zero-order valence-corrected chi connectivity index (χ0v) is 14.9. The third kappa shape index (κ3) is 3.82. The lowest BCUT2D eigenvalue weighted by Crippen LogP contribution is -2.46. The molecule has 1 aromatic rings. The summed E-state index contributed by atoms with van der Waals surface area (Å²) in [7, 11) is 1.63. The Bertz CT molecular complexity index is 603. The maximum atomic E-state index is 12.7. The van der Waals surface area contributed by atoms with E-state index in [1.165, 1.54) is 12.8 Å². The Hall–Kier alpha value is -1.59. The number of hydrogen-bond donors (Lipinski definition) is 0. The Balaban J connectivity index is 1.29. The third-order valence-electron chi connectivity index (χ3n) is 5.74. The van der Waals surface area contributed by atoms with Crippen molar-refractivity contribution in [3.05, 3.63) is 29.8 Å². The molecule has 3 aliphatic rings. The Labute approximate surface area is 149 Å². The van der Waals surface area contributed by atoms with Gasteiger partial charge >= 0.3 is 0 Å². The summed E-state index contributed by atoms with van der Waals surface area (Å²) in [6, 6.07) is 7.33. The molecule has 0 N–H and O–H groups in total. The fourth-order valence-corrected chi connectivity index (χ4v) is 3.85. The number of methoxy groups -OCH3 is 1. The molecule has 1 amide bonds. The second-order valence-corrected chi connectivity index (χ2v) is 7.62. The minimum Gasteiger partial charge on any atom is -0.497 e. The van der Waals surface area contributed by atoms with Crippen molar-refractivity contribution in [2.24, 2.45) is 5.92 Å². The molecule has 136 valence electrons. The van der Waals surface area contributed by atoms with Crippen molar-refractivity contribution in [1.29, 1.82) is 0 Å². The summed E-state index contributed by atoms with van der Waals surface area (Å²) in [4.78, 5) is 14.6. The molecule has 4 rings (SSSR count). The summed E-state index contributed by atoms with van der Waals surface area (Å²) in [5, 5.41) is 0. The van der Waals surface area contributed by atoms with Gasteiger partial charge in [0, 0.05) is 31.7 Å². The average Bonchev–Trinajstić information content (AvgIpc) is 3.41. The van der Waals surface area contributed by atoms with E-state index in [1.807, 2.05) is 29.2 Å². The van der Waals surface area contributed by atoms with Gasteiger partial charge in [-0.3, -0.25) is 4.79 Å². The minimum absolute atomic E-state index is 0.0785. The SMILES string of the molecule is COc1ccc(C(=O)N2CCC3(CC2)C[C@@H](OCC2CC2)CO3)cc1. The molecule has 0 unspecified atom stereocenters. The lowest BCUT2D eigenvalue weighted by Gasteiger charge is -2.38. The number of likely N-dealkylation sites (tertiary alicyclic amines) is 1. The van der Waals surface area contributed by atoms with Crippen molar-refractivity contribution >= 4 is 5.91 Å². The topological polar surface area (TPSA) is 48.0 Å². The van der Waals surface area contributed by atoms with Crippen LogP contribution in [0.5, 0.6) is 5.75 Å². The summed E-state index contributed by atoms with van der Waals surface area (Å²) in [6.07, 6.45) is 5.66. The lowest BCUT2D eigenvalue weighted by atomic mass is 9.87. The van der Waals surface area contributed by atoms with Crippen LogP contribution in [0.2, 0.25) is 0 Å². The van der Waals surface area contributed by atoms with Crippen LogP contribution in [-0.4, -0.2) is 55.9 Å². The van der Waals surface area contributed by atoms with E-state index in [9.17, 15) is 4.79 Å². The smallest absolute Gasteiger partial charge is 0.253 e. The van der Waals surface area contributed by atoms with Crippen LogP contribution in [0.15, 0.2) is 24.3 Å². The fraction of sp³-hybridized carbons (Fsp3) is 0.650. The van der Waals surface area contributed by atoms with Gasteiger partial charge in [0.15, 0.2) is 0 Å². The predicted molar refractivity (Wildman–Crippen MR) is 93.9 cm³/mol. The molecule has 2 heterocycles. The van der Waals surface area contributed by atoms with Crippen molar-refractivity contribution in [1.82, 2.24) is 4.90 Å². The maximum absolute atomic E-state index is 12.7. The zero-order chi connectivity index (χ0) is 17.3. The zero-order valence-electron chi connectivity index (χ0n) is 14.9. The standard InChI is InChI=1S/C20H27NO4/c1-23-17-6-4-16(5-7-17)19(22)21-10-8-20(9-11-21)12-18(14-25-20)24-13-15-2-3-15/h4-7,15,18H,2-3,8-14H2,1H3/t18-/m1/s1. The molecule has 0 aromatic heterocycles. The predicted octanol–water partition coefficient (Wildman–Crippen LogP) is 2.89. The van der Waals surface area contributed by atoms with E-state index in [4.69, 9.17) is 14.2 Å². The first-order chi connectivity index (χ1) is 12.2. The Morgan fingerprint density at radius 1 is 1.24 bits per heavy atom. The van der Waals surface area contributed by atoms with Crippen molar-refractivity contribution in [3.8, 4) is 5.75 Å². The summed E-state index contributed by atoms with van der Waals surface area (Å²) in [6.45, 7) is 3.10. The molecule has 5 heteroatoms. The van der Waals surface area contributed by atoms with Crippen LogP contribution in [0.25, 0.3) is 0 Å². The van der Waals surface area contributed by atoms with Gasteiger partial charge in [-0.25, -0.2) is 0 Å². The molecule has 5 nitrogen and oxygen atoms in total. The Kier molecular flexibility index (Phi) is 4.69. The second-order valence-electron chi connectivity index (χ2n) is 7.62. The summed E-state index contributed by atoms with van der Waals surface area (Å²) in [5.74, 6) is 1.66. The van der Waals surface area contributed by atoms with E-state index in [-0.39, 0.29) is 17.6 Å². The molecule has 2 aliphatic heterocycles. The molecule has 2 saturated heterocycles. The van der Waals surface area contributed by atoms with E-state index in [0.717, 1.165) is 56.2 Å². The molecule has 1 aromatic carbocycles. The van der Waals surface area contributed by atoms with Crippen LogP contribution in [0.1, 0.15) is 42.5 Å². The van der Waals surface area contributed by atoms with Crippen LogP contribution in [-0.2, 0) is 9.47 Å². The molecule has 0 radical (unpaired) electrons. The highest BCUT2D eigenvalue weighted by Crippen LogP contribution is 2.38. The van der Waals surface area contributed by atoms with Gasteiger partial charge in [0.05, 0.1) is 25.4 Å². The van der Waals surface area contributed by atoms with Crippen LogP contribution < -0.4 is 4.74 Å². The number of rotatable bonds is 5. The minimum atomic E-state index is -0.0785. The first-order valence-corrected chi connectivity index (χ1v) is 9.36. The normalized spacial score (nSPS) is 25.3. The van der Waals surface area contributed by atoms with Crippen LogP contribution in [0.3, 0.4) is 0 Å². The molecule has 3 fully saturated rings. The number of piperidine rings is 1. The van der Waals surface area contributed by atoms with E-state index in [1.54, 1.807) is 7.11 Å². The summed E-state index contributed by atoms with van der Waals surface area (Å²) < 4.78 is 17.3. The summed E-state index contributed by atoms with van der Waals surface area (Å²) in [5.41, 5.74) is 0.639. The molecule has 1 atom stereocenters. The molecule has 1 aliphatic carbocycles. The third-order valence-corrected chi connectivity index (χ3v) is 5.74. The largest absolute Gasteiger partial charge is 0.497 e. The van der Waals surface area contributed by atoms with Gasteiger partial charge in [-0.2, -0.15) is 0 Å². The molecular weight excluding hydrogens is 318 g/mol. The van der Waals surface area contributed by atoms with Crippen molar-refractivity contribution < 1.29 is 19.0 Å². The number of carbonyl (C=O) groups excluding carboxylic acids is 1. The van der Waals surface area contributed by atoms with Gasteiger partial charge in [0.25, 0.3) is 5.91 Å². The lowest BCUT2D eigenvalue weighted by molar-refractivity contribution is -0.0410. The first-order valence-electron chi connectivity index (χ1n) is 9.36. The highest BCUT2D eigenvalue weighted by Gasteiger charge is 2.44. The average molecular weight is 345 g/mol. The highest BCUT2D eigenvalue weighted by molar-refractivity contribution is 5.94. The molecule has 0 bridgehead atoms. The molecular formula is C20H27NO4. The van der Waals surface area contributed by atoms with Gasteiger partial charge in [0.1, 0.15) is 5.75 Å². The Morgan fingerprint density at radius 3 is 2.60 bits per heavy atom. The highest BCUT2D eigenvalue weighted by atomic mass is 16.6. The van der Waals surface area contributed by atoms with Crippen LogP contribution in [0.4, 0.5) is 0 Å². The van der Waals surface area contributed by atoms with E-state index in [0.29, 0.717) is 6.61 Å². The number of hydrogen-bond acceptors (Lipinski definition) is 4. The quantitative estimate of drug-likeness (QED) is 0.823. The molecule has 25 heavy (non-hydrogen) atoms. The van der Waals surface area contributed by atoms with Gasteiger partial charge in [-0.1, -0.05) is 0 Å². The molecule has 1 saturated carbocycles. The second kappa shape index (κ2) is 6.96. The summed E-state index contributed by atoms with van der Waals surface area (Å²) >= 11 is 0. The van der Waals surface area contributed by atoms with Gasteiger partial charge in [-0.05, 0) is 55.9 Å². The monoisotopic (exact) mass is 345 g/mol. The number of ether oxygens (including phenoxy) is 3. The van der Waals surface area contributed by atoms with E-state index in [2.05, 4.69) is 0 Å².